The van der Waals surface area contributed by atoms with Crippen LogP contribution in [0.1, 0.15) is 32.1 Å². The maximum absolute atomic E-state index is 12.1. The number of benzene rings is 1. The highest BCUT2D eigenvalue weighted by Crippen LogP contribution is 2.26. The second-order valence-electron chi connectivity index (χ2n) is 5.11. The predicted molar refractivity (Wildman–Crippen MR) is 80.5 cm³/mol. The van der Waals surface area contributed by atoms with E-state index in [0.29, 0.717) is 11.0 Å². The third-order valence-corrected chi connectivity index (χ3v) is 4.29. The first-order valence-electron chi connectivity index (χ1n) is 7.03. The Morgan fingerprint density at radius 2 is 1.90 bits per heavy atom. The number of carbonyl (C=O) groups excluding carboxylic acids is 1. The van der Waals surface area contributed by atoms with Gasteiger partial charge in [0.15, 0.2) is 5.82 Å². The molecule has 1 N–H and O–H groups in total. The molecule has 0 atom stereocenters. The number of nitrogens with zero attached hydrogens (tertiary/aromatic N) is 2. The maximum atomic E-state index is 12.1. The van der Waals surface area contributed by atoms with E-state index in [1.54, 1.807) is 0 Å². The van der Waals surface area contributed by atoms with Crippen molar-refractivity contribution in [3.8, 4) is 11.4 Å². The molecule has 5 heteroatoms. The quantitative estimate of drug-likeness (QED) is 0.936. The van der Waals surface area contributed by atoms with Crippen LogP contribution in [0.25, 0.3) is 11.4 Å². The molecular weight excluding hydrogens is 270 g/mol. The summed E-state index contributed by atoms with van der Waals surface area (Å²) in [6.07, 6.45) is 5.56. The lowest BCUT2D eigenvalue weighted by molar-refractivity contribution is -0.120. The van der Waals surface area contributed by atoms with Gasteiger partial charge in [-0.05, 0) is 12.8 Å². The Bertz CT molecular complexity index is 576. The van der Waals surface area contributed by atoms with Crippen molar-refractivity contribution in [2.24, 2.45) is 5.92 Å². The van der Waals surface area contributed by atoms with E-state index in [2.05, 4.69) is 14.7 Å². The number of hydrogen-bond donors (Lipinski definition) is 1. The zero-order chi connectivity index (χ0) is 13.8. The molecule has 2 aromatic rings. The third kappa shape index (κ3) is 3.04. The van der Waals surface area contributed by atoms with Gasteiger partial charge < -0.3 is 5.32 Å². The van der Waals surface area contributed by atoms with Gasteiger partial charge in [0.1, 0.15) is 0 Å². The summed E-state index contributed by atoms with van der Waals surface area (Å²) in [6.45, 7) is 0. The minimum Gasteiger partial charge on any atom is -0.300 e. The highest BCUT2D eigenvalue weighted by molar-refractivity contribution is 7.10. The van der Waals surface area contributed by atoms with Gasteiger partial charge >= 0.3 is 0 Å². The molecule has 0 aliphatic heterocycles. The number of rotatable bonds is 3. The molecule has 1 fully saturated rings. The standard InChI is InChI=1S/C15H17N3OS/c19-14(12-9-5-2-6-10-12)17-15-16-13(18-20-15)11-7-3-1-4-8-11/h1,3-4,7-8,12H,2,5-6,9-10H2,(H,16,17,18,19). The summed E-state index contributed by atoms with van der Waals surface area (Å²) in [4.78, 5) is 16.5. The molecule has 1 aromatic heterocycles. The van der Waals surface area contributed by atoms with Crippen LogP contribution in [0.4, 0.5) is 5.13 Å². The summed E-state index contributed by atoms with van der Waals surface area (Å²) in [5.74, 6) is 0.919. The minimum absolute atomic E-state index is 0.0976. The van der Waals surface area contributed by atoms with Gasteiger partial charge in [-0.15, -0.1) is 0 Å². The second-order valence-corrected chi connectivity index (χ2v) is 5.87. The average Bonchev–Trinajstić information content (AvgIpc) is 2.97. The number of anilines is 1. The van der Waals surface area contributed by atoms with E-state index in [4.69, 9.17) is 0 Å². The molecule has 0 saturated heterocycles. The van der Waals surface area contributed by atoms with Crippen molar-refractivity contribution in [2.45, 2.75) is 32.1 Å². The number of nitrogens with one attached hydrogen (secondary N) is 1. The zero-order valence-electron chi connectivity index (χ0n) is 11.2. The van der Waals surface area contributed by atoms with Crippen molar-refractivity contribution in [2.75, 3.05) is 5.32 Å². The Hall–Kier alpha value is -1.75. The van der Waals surface area contributed by atoms with E-state index < -0.39 is 0 Å². The van der Waals surface area contributed by atoms with Crippen LogP contribution in [0.5, 0.6) is 0 Å². The molecule has 1 aliphatic carbocycles. The normalized spacial score (nSPS) is 16.0. The summed E-state index contributed by atoms with van der Waals surface area (Å²) in [5, 5.41) is 3.50. The van der Waals surface area contributed by atoms with Crippen molar-refractivity contribution in [3.63, 3.8) is 0 Å². The highest BCUT2D eigenvalue weighted by atomic mass is 32.1. The first kappa shape index (κ1) is 13.2. The van der Waals surface area contributed by atoms with E-state index in [-0.39, 0.29) is 11.8 Å². The second kappa shape index (κ2) is 6.13. The summed E-state index contributed by atoms with van der Waals surface area (Å²) >= 11 is 1.24. The van der Waals surface area contributed by atoms with E-state index in [1.807, 2.05) is 30.3 Å². The van der Waals surface area contributed by atoms with Gasteiger partial charge in [0, 0.05) is 23.0 Å². The molecule has 4 nitrogen and oxygen atoms in total. The third-order valence-electron chi connectivity index (χ3n) is 3.66. The van der Waals surface area contributed by atoms with Crippen LogP contribution in [0, 0.1) is 5.92 Å². The molecule has 0 radical (unpaired) electrons. The van der Waals surface area contributed by atoms with Crippen molar-refractivity contribution in [1.82, 2.24) is 9.36 Å². The van der Waals surface area contributed by atoms with E-state index in [1.165, 1.54) is 18.0 Å². The smallest absolute Gasteiger partial charge is 0.229 e. The molecule has 1 amide bonds. The lowest BCUT2D eigenvalue weighted by Crippen LogP contribution is -2.24. The predicted octanol–water partition coefficient (Wildman–Crippen LogP) is 3.72. The highest BCUT2D eigenvalue weighted by Gasteiger charge is 2.22. The zero-order valence-corrected chi connectivity index (χ0v) is 12.0. The lowest BCUT2D eigenvalue weighted by atomic mass is 9.89. The van der Waals surface area contributed by atoms with Crippen molar-refractivity contribution in [3.05, 3.63) is 30.3 Å². The van der Waals surface area contributed by atoms with Crippen LogP contribution in [-0.4, -0.2) is 15.3 Å². The molecule has 0 bridgehead atoms. The Kier molecular flexibility index (Phi) is 4.06. The Labute approximate surface area is 122 Å². The molecule has 1 saturated carbocycles. The van der Waals surface area contributed by atoms with Crippen LogP contribution in [0.3, 0.4) is 0 Å². The molecule has 0 spiro atoms. The maximum Gasteiger partial charge on any atom is 0.229 e. The van der Waals surface area contributed by atoms with Crippen molar-refractivity contribution in [1.29, 1.82) is 0 Å². The number of hydrogen-bond acceptors (Lipinski definition) is 4. The molecule has 3 rings (SSSR count). The Morgan fingerprint density at radius 3 is 2.65 bits per heavy atom. The van der Waals surface area contributed by atoms with Gasteiger partial charge in [-0.25, -0.2) is 0 Å². The van der Waals surface area contributed by atoms with Gasteiger partial charge in [0.2, 0.25) is 11.0 Å². The van der Waals surface area contributed by atoms with Crippen LogP contribution in [0.15, 0.2) is 30.3 Å². The molecule has 104 valence electrons. The van der Waals surface area contributed by atoms with Gasteiger partial charge in [-0.1, -0.05) is 49.6 Å². The van der Waals surface area contributed by atoms with E-state index in [0.717, 1.165) is 31.2 Å². The van der Waals surface area contributed by atoms with Gasteiger partial charge in [0.25, 0.3) is 0 Å². The molecule has 20 heavy (non-hydrogen) atoms. The average molecular weight is 287 g/mol. The lowest BCUT2D eigenvalue weighted by Gasteiger charge is -2.19. The topological polar surface area (TPSA) is 54.9 Å². The van der Waals surface area contributed by atoms with Gasteiger partial charge in [0.05, 0.1) is 0 Å². The number of aromatic nitrogens is 2. The summed E-state index contributed by atoms with van der Waals surface area (Å²) in [6, 6.07) is 9.80. The monoisotopic (exact) mass is 287 g/mol. The Balaban J connectivity index is 1.66. The fourth-order valence-electron chi connectivity index (χ4n) is 2.55. The summed E-state index contributed by atoms with van der Waals surface area (Å²) in [7, 11) is 0. The molecule has 1 aromatic carbocycles. The molecular formula is C15H17N3OS. The van der Waals surface area contributed by atoms with Crippen LogP contribution in [-0.2, 0) is 4.79 Å². The summed E-state index contributed by atoms with van der Waals surface area (Å²) < 4.78 is 4.30. The Morgan fingerprint density at radius 1 is 1.15 bits per heavy atom. The van der Waals surface area contributed by atoms with Crippen molar-refractivity contribution < 1.29 is 4.79 Å². The molecule has 1 heterocycles. The van der Waals surface area contributed by atoms with Gasteiger partial charge in [-0.3, -0.25) is 4.79 Å². The van der Waals surface area contributed by atoms with Crippen molar-refractivity contribution >= 4 is 22.6 Å². The fourth-order valence-corrected chi connectivity index (χ4v) is 3.14. The largest absolute Gasteiger partial charge is 0.300 e. The van der Waals surface area contributed by atoms with Gasteiger partial charge in [-0.2, -0.15) is 9.36 Å². The number of carbonyl (C=O) groups is 1. The first-order valence-corrected chi connectivity index (χ1v) is 7.80. The fraction of sp³-hybridized carbons (Fsp3) is 0.400. The number of amides is 1. The van der Waals surface area contributed by atoms with Crippen LogP contribution >= 0.6 is 11.5 Å². The molecule has 1 aliphatic rings. The van der Waals surface area contributed by atoms with Crippen LogP contribution < -0.4 is 5.32 Å². The van der Waals surface area contributed by atoms with E-state index >= 15 is 0 Å². The summed E-state index contributed by atoms with van der Waals surface area (Å²) in [5.41, 5.74) is 0.974. The van der Waals surface area contributed by atoms with E-state index in [9.17, 15) is 4.79 Å². The first-order chi connectivity index (χ1) is 9.83. The minimum atomic E-state index is 0.0976. The SMILES string of the molecule is O=C(Nc1nc(-c2ccccc2)ns1)C1CCCCC1. The molecule has 0 unspecified atom stereocenters. The van der Waals surface area contributed by atoms with Crippen LogP contribution in [0.2, 0.25) is 0 Å².